The molecule has 0 bridgehead atoms. The minimum atomic E-state index is -0.848. The zero-order chi connectivity index (χ0) is 20.4. The molecule has 0 N–H and O–H groups in total. The second kappa shape index (κ2) is 7.68. The molecule has 0 radical (unpaired) electrons. The normalized spacial score (nSPS) is 16.9. The van der Waals surface area contributed by atoms with Gasteiger partial charge in [-0.15, -0.1) is 0 Å². The highest BCUT2D eigenvalue weighted by atomic mass is 16.7. The molecule has 0 fully saturated rings. The number of para-hydroxylation sites is 1. The van der Waals surface area contributed by atoms with Gasteiger partial charge in [0.1, 0.15) is 11.6 Å². The van der Waals surface area contributed by atoms with Gasteiger partial charge in [-0.25, -0.2) is 4.79 Å². The predicted molar refractivity (Wildman–Crippen MR) is 104 cm³/mol. The Kier molecular flexibility index (Phi) is 4.92. The Balaban J connectivity index is 1.43. The van der Waals surface area contributed by atoms with Gasteiger partial charge in [0, 0.05) is 11.7 Å². The molecule has 2 aromatic carbocycles. The van der Waals surface area contributed by atoms with Gasteiger partial charge in [-0.05, 0) is 48.7 Å². The van der Waals surface area contributed by atoms with Crippen LogP contribution in [0.5, 0.6) is 11.5 Å². The Morgan fingerprint density at radius 3 is 2.86 bits per heavy atom. The van der Waals surface area contributed by atoms with E-state index in [1.165, 1.54) is 6.08 Å². The van der Waals surface area contributed by atoms with E-state index in [0.29, 0.717) is 17.1 Å². The van der Waals surface area contributed by atoms with Crippen LogP contribution in [-0.4, -0.2) is 31.3 Å². The number of fused-ring (bicyclic) bond motifs is 2. The first kappa shape index (κ1) is 18.6. The van der Waals surface area contributed by atoms with Crippen LogP contribution < -0.4 is 14.4 Å². The van der Waals surface area contributed by atoms with E-state index in [2.05, 4.69) is 0 Å². The van der Waals surface area contributed by atoms with Gasteiger partial charge < -0.3 is 19.1 Å². The van der Waals surface area contributed by atoms with Crippen molar-refractivity contribution in [3.8, 4) is 17.6 Å². The Morgan fingerprint density at radius 1 is 1.24 bits per heavy atom. The first-order chi connectivity index (χ1) is 14.1. The quantitative estimate of drug-likeness (QED) is 0.453. The summed E-state index contributed by atoms with van der Waals surface area (Å²) in [6.45, 7) is 1.65. The molecule has 2 heterocycles. The van der Waals surface area contributed by atoms with E-state index in [4.69, 9.17) is 14.2 Å². The lowest BCUT2D eigenvalue weighted by molar-refractivity contribution is -0.143. The monoisotopic (exact) mass is 390 g/mol. The molecule has 7 nitrogen and oxygen atoms in total. The first-order valence-corrected chi connectivity index (χ1v) is 9.15. The Bertz CT molecular complexity index is 1050. The van der Waals surface area contributed by atoms with Crippen LogP contribution in [0.2, 0.25) is 0 Å². The molecule has 2 aliphatic heterocycles. The third-order valence-electron chi connectivity index (χ3n) is 4.85. The van der Waals surface area contributed by atoms with Crippen molar-refractivity contribution in [3.05, 3.63) is 59.2 Å². The molecule has 1 unspecified atom stereocenters. The molecule has 146 valence electrons. The molecule has 2 aliphatic rings. The number of esters is 1. The van der Waals surface area contributed by atoms with Gasteiger partial charge in [0.25, 0.3) is 5.91 Å². The molecular weight excluding hydrogens is 372 g/mol. The number of hydrogen-bond donors (Lipinski definition) is 0. The van der Waals surface area contributed by atoms with Crippen LogP contribution in [0, 0.1) is 11.3 Å². The van der Waals surface area contributed by atoms with E-state index >= 15 is 0 Å². The molecule has 29 heavy (non-hydrogen) atoms. The van der Waals surface area contributed by atoms with Crippen molar-refractivity contribution in [2.45, 2.75) is 19.4 Å². The van der Waals surface area contributed by atoms with Crippen LogP contribution in [-0.2, 0) is 20.7 Å². The highest BCUT2D eigenvalue weighted by molar-refractivity contribution is 6.01. The van der Waals surface area contributed by atoms with Gasteiger partial charge >= 0.3 is 5.97 Å². The summed E-state index contributed by atoms with van der Waals surface area (Å²) in [7, 11) is 0. The molecular formula is C22H18N2O5. The molecule has 7 heteroatoms. The molecule has 0 saturated heterocycles. The summed E-state index contributed by atoms with van der Waals surface area (Å²) in [5.41, 5.74) is 2.31. The average Bonchev–Trinajstić information content (AvgIpc) is 3.32. The molecule has 2 aromatic rings. The molecule has 0 spiro atoms. The van der Waals surface area contributed by atoms with Crippen molar-refractivity contribution in [1.82, 2.24) is 0 Å². The third-order valence-corrected chi connectivity index (χ3v) is 4.85. The number of rotatable bonds is 4. The summed E-state index contributed by atoms with van der Waals surface area (Å²) in [5.74, 6) is -0.0232. The summed E-state index contributed by atoms with van der Waals surface area (Å²) in [5, 5.41) is 9.33. The number of benzene rings is 2. The van der Waals surface area contributed by atoms with Crippen LogP contribution in [0.25, 0.3) is 6.08 Å². The van der Waals surface area contributed by atoms with Crippen LogP contribution >= 0.6 is 0 Å². The lowest BCUT2D eigenvalue weighted by Crippen LogP contribution is -2.38. The molecule has 0 aliphatic carbocycles. The number of carbonyl (C=O) groups is 2. The Hall–Kier alpha value is -3.79. The Morgan fingerprint density at radius 2 is 2.03 bits per heavy atom. The van der Waals surface area contributed by atoms with E-state index in [-0.39, 0.29) is 24.3 Å². The van der Waals surface area contributed by atoms with E-state index in [1.807, 2.05) is 37.3 Å². The standard InChI is InChI=1S/C22H18N2O5/c1-14-8-16-4-2-3-5-18(16)24(14)21(25)12-27-22(26)17(11-23)9-15-6-7-19-20(10-15)29-13-28-19/h2-7,9-10,14H,8,12-13H2,1H3. The van der Waals surface area contributed by atoms with Crippen molar-refractivity contribution >= 4 is 23.6 Å². The van der Waals surface area contributed by atoms with Gasteiger partial charge in [-0.1, -0.05) is 24.3 Å². The van der Waals surface area contributed by atoms with Crippen molar-refractivity contribution in [2.75, 3.05) is 18.3 Å². The summed E-state index contributed by atoms with van der Waals surface area (Å²) in [6.07, 6.45) is 2.14. The fraction of sp³-hybridized carbons (Fsp3) is 0.227. The number of ether oxygens (including phenoxy) is 3. The minimum absolute atomic E-state index is 0.0155. The van der Waals surface area contributed by atoms with Gasteiger partial charge in [0.05, 0.1) is 0 Å². The van der Waals surface area contributed by atoms with E-state index < -0.39 is 12.6 Å². The van der Waals surface area contributed by atoms with Crippen LogP contribution in [0.15, 0.2) is 48.0 Å². The number of carbonyl (C=O) groups excluding carboxylic acids is 2. The summed E-state index contributed by atoms with van der Waals surface area (Å²) >= 11 is 0. The second-order valence-corrected chi connectivity index (χ2v) is 6.80. The van der Waals surface area contributed by atoms with Crippen molar-refractivity contribution < 1.29 is 23.8 Å². The molecule has 0 aromatic heterocycles. The number of nitrogens with zero attached hydrogens (tertiary/aromatic N) is 2. The van der Waals surface area contributed by atoms with Crippen LogP contribution in [0.1, 0.15) is 18.1 Å². The van der Waals surface area contributed by atoms with Gasteiger partial charge in [-0.2, -0.15) is 5.26 Å². The SMILES string of the molecule is CC1Cc2ccccc2N1C(=O)COC(=O)C(C#N)=Cc1ccc2c(c1)OCO2. The van der Waals surface area contributed by atoms with Gasteiger partial charge in [-0.3, -0.25) is 4.79 Å². The average molecular weight is 390 g/mol. The fourth-order valence-corrected chi connectivity index (χ4v) is 3.53. The van der Waals surface area contributed by atoms with E-state index in [1.54, 1.807) is 23.1 Å². The van der Waals surface area contributed by atoms with Crippen molar-refractivity contribution in [3.63, 3.8) is 0 Å². The summed E-state index contributed by atoms with van der Waals surface area (Å²) < 4.78 is 15.6. The fourth-order valence-electron chi connectivity index (χ4n) is 3.53. The van der Waals surface area contributed by atoms with Crippen LogP contribution in [0.3, 0.4) is 0 Å². The highest BCUT2D eigenvalue weighted by Gasteiger charge is 2.31. The summed E-state index contributed by atoms with van der Waals surface area (Å²) in [4.78, 5) is 26.6. The lowest BCUT2D eigenvalue weighted by Gasteiger charge is -2.22. The summed E-state index contributed by atoms with van der Waals surface area (Å²) in [6, 6.07) is 14.5. The zero-order valence-corrected chi connectivity index (χ0v) is 15.8. The Labute approximate surface area is 167 Å². The van der Waals surface area contributed by atoms with E-state index in [0.717, 1.165) is 17.7 Å². The molecule has 1 amide bonds. The maximum atomic E-state index is 12.6. The smallest absolute Gasteiger partial charge is 0.349 e. The second-order valence-electron chi connectivity index (χ2n) is 6.80. The topological polar surface area (TPSA) is 88.9 Å². The van der Waals surface area contributed by atoms with Crippen molar-refractivity contribution in [1.29, 1.82) is 5.26 Å². The lowest BCUT2D eigenvalue weighted by atomic mass is 10.1. The van der Waals surface area contributed by atoms with Gasteiger partial charge in [0.15, 0.2) is 18.1 Å². The maximum Gasteiger partial charge on any atom is 0.349 e. The molecule has 1 atom stereocenters. The zero-order valence-electron chi connectivity index (χ0n) is 15.8. The number of anilines is 1. The first-order valence-electron chi connectivity index (χ1n) is 9.15. The van der Waals surface area contributed by atoms with Gasteiger partial charge in [0.2, 0.25) is 6.79 Å². The predicted octanol–water partition coefficient (Wildman–Crippen LogP) is 2.84. The van der Waals surface area contributed by atoms with E-state index in [9.17, 15) is 14.9 Å². The third kappa shape index (κ3) is 3.65. The van der Waals surface area contributed by atoms with Crippen LogP contribution in [0.4, 0.5) is 5.69 Å². The largest absolute Gasteiger partial charge is 0.454 e. The highest BCUT2D eigenvalue weighted by Crippen LogP contribution is 2.33. The molecule has 4 rings (SSSR count). The number of nitriles is 1. The number of amides is 1. The van der Waals surface area contributed by atoms with Crippen molar-refractivity contribution in [2.24, 2.45) is 0 Å². The molecule has 0 saturated carbocycles. The minimum Gasteiger partial charge on any atom is -0.454 e. The maximum absolute atomic E-state index is 12.6. The number of hydrogen-bond acceptors (Lipinski definition) is 6.